The summed E-state index contributed by atoms with van der Waals surface area (Å²) in [5, 5.41) is 20.3. The predicted molar refractivity (Wildman–Crippen MR) is 110 cm³/mol. The van der Waals surface area contributed by atoms with Crippen LogP contribution < -0.4 is 45.1 Å². The molecule has 0 aliphatic heterocycles. The molecule has 2 rings (SSSR count). The number of hydrogen-bond donors (Lipinski definition) is 2. The van der Waals surface area contributed by atoms with Crippen LogP contribution in [0.15, 0.2) is 36.4 Å². The van der Waals surface area contributed by atoms with Crippen molar-refractivity contribution in [3.05, 3.63) is 49.1 Å². The molecule has 0 amide bonds. The summed E-state index contributed by atoms with van der Waals surface area (Å²) in [5.74, 6) is 0.136. The summed E-state index contributed by atoms with van der Waals surface area (Å²) < 4.78 is 7.06. The standard InChI is InChI=1S/C15H12I3NO4.Na/c16-9-5-7(13(18)14(19)15(21)22)1-3-11(9)23-12-4-2-8(20)6-10(12)17;/h1-6,13-14,20H,19H2,(H,21,22);/q;+1/p-1/t13?,14-;/m0./s1. The van der Waals surface area contributed by atoms with Gasteiger partial charge in [0.15, 0.2) is 0 Å². The molecule has 0 fully saturated rings. The average molecular weight is 673 g/mol. The van der Waals surface area contributed by atoms with E-state index in [0.717, 1.165) is 12.7 Å². The minimum absolute atomic E-state index is 0. The van der Waals surface area contributed by atoms with E-state index in [1.807, 2.05) is 51.2 Å². The summed E-state index contributed by atoms with van der Waals surface area (Å²) in [6.07, 6.45) is 0. The van der Waals surface area contributed by atoms with Gasteiger partial charge in [0.05, 0.1) is 11.1 Å². The fourth-order valence-corrected chi connectivity index (χ4v) is 3.73. The Labute approximate surface area is 202 Å². The van der Waals surface area contributed by atoms with Crippen LogP contribution in [-0.2, 0) is 4.79 Å². The summed E-state index contributed by atoms with van der Waals surface area (Å²) in [7, 11) is 0. The number of benzene rings is 2. The Balaban J connectivity index is 0.00000288. The van der Waals surface area contributed by atoms with E-state index in [4.69, 9.17) is 15.6 Å². The van der Waals surface area contributed by atoms with Crippen LogP contribution in [0.2, 0.25) is 0 Å². The molecule has 0 aromatic heterocycles. The third-order valence-corrected chi connectivity index (χ3v) is 6.18. The molecule has 0 heterocycles. The maximum Gasteiger partial charge on any atom is 1.00 e. The molecule has 3 N–H and O–H groups in total. The second kappa shape index (κ2) is 10.1. The van der Waals surface area contributed by atoms with Crippen molar-refractivity contribution in [2.45, 2.75) is 9.97 Å². The summed E-state index contributed by atoms with van der Waals surface area (Å²) in [4.78, 5) is 11.0. The first kappa shape index (κ1) is 22.7. The summed E-state index contributed by atoms with van der Waals surface area (Å²) in [5.41, 5.74) is 6.49. The number of carboxylic acids is 1. The maximum absolute atomic E-state index is 11.3. The first-order valence-corrected chi connectivity index (χ1v) is 9.76. The van der Waals surface area contributed by atoms with Crippen LogP contribution in [-0.4, -0.2) is 17.1 Å². The SMILES string of the molecule is N[C@H](C(=O)O)C(I)c1ccc(Oc2ccc([O-])cc2I)c(I)c1.[Na+]. The third kappa shape index (κ3) is 5.84. The first-order chi connectivity index (χ1) is 10.8. The fourth-order valence-electron chi connectivity index (χ4n) is 1.79. The van der Waals surface area contributed by atoms with Crippen LogP contribution in [0.4, 0.5) is 0 Å². The van der Waals surface area contributed by atoms with Gasteiger partial charge in [-0.25, -0.2) is 0 Å². The van der Waals surface area contributed by atoms with Gasteiger partial charge in [0.25, 0.3) is 0 Å². The van der Waals surface area contributed by atoms with Crippen molar-refractivity contribution >= 4 is 73.7 Å². The monoisotopic (exact) mass is 673 g/mol. The summed E-state index contributed by atoms with van der Waals surface area (Å²) in [6, 6.07) is 9.05. The van der Waals surface area contributed by atoms with Crippen molar-refractivity contribution in [1.82, 2.24) is 0 Å². The van der Waals surface area contributed by atoms with E-state index in [0.29, 0.717) is 11.5 Å². The molecule has 0 radical (unpaired) electrons. The summed E-state index contributed by atoms with van der Waals surface area (Å²) >= 11 is 6.20. The molecule has 2 aromatic rings. The Morgan fingerprint density at radius 2 is 1.67 bits per heavy atom. The molecule has 5 nitrogen and oxygen atoms in total. The molecule has 0 saturated heterocycles. The second-order valence-corrected chi connectivity index (χ2v) is 8.32. The van der Waals surface area contributed by atoms with Crippen molar-refractivity contribution < 1.29 is 49.3 Å². The predicted octanol–water partition coefficient (Wildman–Crippen LogP) is 0.654. The smallest absolute Gasteiger partial charge is 0.872 e. The molecule has 0 spiro atoms. The van der Waals surface area contributed by atoms with Crippen LogP contribution in [0.3, 0.4) is 0 Å². The Kier molecular flexibility index (Phi) is 9.57. The minimum Gasteiger partial charge on any atom is -0.872 e. The number of hydrogen-bond acceptors (Lipinski definition) is 4. The molecule has 0 saturated carbocycles. The molecule has 0 aliphatic carbocycles. The molecule has 1 unspecified atom stereocenters. The van der Waals surface area contributed by atoms with Gasteiger partial charge in [-0.2, -0.15) is 0 Å². The van der Waals surface area contributed by atoms with Gasteiger partial charge >= 0.3 is 35.5 Å². The quantitative estimate of drug-likeness (QED) is 0.277. The van der Waals surface area contributed by atoms with Crippen LogP contribution in [0.5, 0.6) is 17.2 Å². The van der Waals surface area contributed by atoms with Gasteiger partial charge in [-0.05, 0) is 68.9 Å². The van der Waals surface area contributed by atoms with E-state index in [9.17, 15) is 9.90 Å². The van der Waals surface area contributed by atoms with Gasteiger partial charge in [0.2, 0.25) is 0 Å². The number of alkyl halides is 1. The zero-order valence-corrected chi connectivity index (χ0v) is 21.0. The van der Waals surface area contributed by atoms with Crippen LogP contribution in [0.25, 0.3) is 0 Å². The number of rotatable bonds is 5. The molecule has 9 heteroatoms. The van der Waals surface area contributed by atoms with Gasteiger partial charge in [-0.15, -0.1) is 5.75 Å². The van der Waals surface area contributed by atoms with E-state index in [1.165, 1.54) is 12.1 Å². The van der Waals surface area contributed by atoms with E-state index < -0.39 is 12.0 Å². The molecular formula is C15H11I3NNaO4. The van der Waals surface area contributed by atoms with E-state index >= 15 is 0 Å². The largest absolute Gasteiger partial charge is 1.00 e. The zero-order chi connectivity index (χ0) is 17.1. The van der Waals surface area contributed by atoms with Gasteiger partial charge < -0.3 is 20.7 Å². The minimum atomic E-state index is -1.04. The number of ether oxygens (including phenoxy) is 1. The Hall–Kier alpha value is 0.660. The second-order valence-electron chi connectivity index (χ2n) is 4.65. The van der Waals surface area contributed by atoms with Gasteiger partial charge in [-0.3, -0.25) is 4.79 Å². The molecule has 2 atom stereocenters. The summed E-state index contributed by atoms with van der Waals surface area (Å²) in [6.45, 7) is 0. The average Bonchev–Trinajstić information content (AvgIpc) is 2.50. The molecule has 122 valence electrons. The van der Waals surface area contributed by atoms with Crippen LogP contribution >= 0.6 is 67.8 Å². The Morgan fingerprint density at radius 1 is 1.12 bits per heavy atom. The van der Waals surface area contributed by atoms with Gasteiger partial charge in [0.1, 0.15) is 17.5 Å². The fraction of sp³-hybridized carbons (Fsp3) is 0.133. The number of halogens is 3. The maximum atomic E-state index is 11.3. The van der Waals surface area contributed by atoms with E-state index in [1.54, 1.807) is 18.2 Å². The van der Waals surface area contributed by atoms with E-state index in [2.05, 4.69) is 22.6 Å². The topological polar surface area (TPSA) is 95.6 Å². The van der Waals surface area contributed by atoms with Crippen molar-refractivity contribution in [3.63, 3.8) is 0 Å². The van der Waals surface area contributed by atoms with Crippen LogP contribution in [0, 0.1) is 7.14 Å². The molecule has 2 aromatic carbocycles. The molecular weight excluding hydrogens is 662 g/mol. The Morgan fingerprint density at radius 3 is 2.17 bits per heavy atom. The number of carbonyl (C=O) groups is 1. The van der Waals surface area contributed by atoms with Crippen molar-refractivity contribution in [3.8, 4) is 17.2 Å². The molecule has 24 heavy (non-hydrogen) atoms. The van der Waals surface area contributed by atoms with Crippen molar-refractivity contribution in [1.29, 1.82) is 0 Å². The Bertz CT molecular complexity index is 745. The van der Waals surface area contributed by atoms with Crippen molar-refractivity contribution in [2.24, 2.45) is 5.73 Å². The zero-order valence-electron chi connectivity index (χ0n) is 12.5. The van der Waals surface area contributed by atoms with Crippen LogP contribution in [0.1, 0.15) is 9.49 Å². The number of nitrogens with two attached hydrogens (primary N) is 1. The number of aliphatic carboxylic acids is 1. The number of carboxylic acid groups (broad SMARTS) is 1. The first-order valence-electron chi connectivity index (χ1n) is 6.36. The third-order valence-electron chi connectivity index (χ3n) is 3.00. The molecule has 0 bridgehead atoms. The molecule has 0 aliphatic rings. The normalized spacial score (nSPS) is 12.8. The van der Waals surface area contributed by atoms with E-state index in [-0.39, 0.29) is 39.2 Å². The van der Waals surface area contributed by atoms with Gasteiger partial charge in [0, 0.05) is 0 Å². The van der Waals surface area contributed by atoms with Gasteiger partial charge in [-0.1, -0.05) is 40.8 Å². The van der Waals surface area contributed by atoms with Crippen molar-refractivity contribution in [2.75, 3.05) is 0 Å².